The maximum Gasteiger partial charge on any atom is 0.252 e. The van der Waals surface area contributed by atoms with Gasteiger partial charge in [-0.05, 0) is 31.4 Å². The van der Waals surface area contributed by atoms with Gasteiger partial charge in [0.05, 0.1) is 6.54 Å². The van der Waals surface area contributed by atoms with E-state index < -0.39 is 5.60 Å². The topological polar surface area (TPSA) is 89.1 Å². The zero-order valence-electron chi connectivity index (χ0n) is 13.0. The predicted molar refractivity (Wildman–Crippen MR) is 82.6 cm³/mol. The molecule has 0 atom stereocenters. The van der Waals surface area contributed by atoms with E-state index in [0.29, 0.717) is 18.3 Å². The lowest BCUT2D eigenvalue weighted by Crippen LogP contribution is -2.52. The first-order valence-electron chi connectivity index (χ1n) is 7.63. The van der Waals surface area contributed by atoms with E-state index in [1.54, 1.807) is 7.11 Å². The van der Waals surface area contributed by atoms with Crippen LogP contribution < -0.4 is 10.1 Å². The molecule has 7 nitrogen and oxygen atoms in total. The molecule has 1 heterocycles. The Morgan fingerprint density at radius 3 is 2.78 bits per heavy atom. The van der Waals surface area contributed by atoms with E-state index in [9.17, 15) is 4.79 Å². The second-order valence-electron chi connectivity index (χ2n) is 5.53. The Bertz CT molecular complexity index is 647. The minimum absolute atomic E-state index is 0.0989. The molecule has 1 amide bonds. The summed E-state index contributed by atoms with van der Waals surface area (Å²) < 4.78 is 10.9. The van der Waals surface area contributed by atoms with E-state index in [0.717, 1.165) is 25.0 Å². The second-order valence-corrected chi connectivity index (χ2v) is 5.53. The van der Waals surface area contributed by atoms with Gasteiger partial charge in [-0.1, -0.05) is 18.2 Å². The smallest absolute Gasteiger partial charge is 0.252 e. The third-order valence-electron chi connectivity index (χ3n) is 4.07. The summed E-state index contributed by atoms with van der Waals surface area (Å²) in [5, 5.41) is 9.72. The van der Waals surface area contributed by atoms with Crippen molar-refractivity contribution in [3.63, 3.8) is 0 Å². The van der Waals surface area contributed by atoms with Crippen molar-refractivity contribution in [2.24, 2.45) is 0 Å². The monoisotopic (exact) mass is 316 g/mol. The zero-order chi connectivity index (χ0) is 16.1. The number of nitrogens with zero attached hydrogens (tertiary/aromatic N) is 2. The molecule has 0 bridgehead atoms. The number of nitrogens with one attached hydrogen (secondary N) is 2. The molecular formula is C16H20N4O3. The molecule has 1 aromatic heterocycles. The van der Waals surface area contributed by atoms with Gasteiger partial charge in [-0.25, -0.2) is 4.98 Å². The van der Waals surface area contributed by atoms with Crippen molar-refractivity contribution < 1.29 is 14.3 Å². The van der Waals surface area contributed by atoms with Crippen molar-refractivity contribution >= 4 is 5.91 Å². The number of hydrogen-bond donors (Lipinski definition) is 2. The molecule has 2 N–H and O–H groups in total. The highest BCUT2D eigenvalue weighted by atomic mass is 16.5. The molecule has 0 aliphatic heterocycles. The van der Waals surface area contributed by atoms with Gasteiger partial charge in [0.25, 0.3) is 5.91 Å². The van der Waals surface area contributed by atoms with Crippen molar-refractivity contribution in [2.45, 2.75) is 38.0 Å². The molecule has 0 spiro atoms. The van der Waals surface area contributed by atoms with Gasteiger partial charge >= 0.3 is 0 Å². The number of hydrogen-bond acceptors (Lipinski definition) is 5. The Morgan fingerprint density at radius 2 is 2.13 bits per heavy atom. The van der Waals surface area contributed by atoms with Crippen molar-refractivity contribution in [2.75, 3.05) is 7.11 Å². The number of ether oxygens (including phenoxy) is 2. The van der Waals surface area contributed by atoms with Gasteiger partial charge < -0.3 is 14.8 Å². The number of H-pyrrole nitrogens is 1. The number of carbonyl (C=O) groups is 1. The van der Waals surface area contributed by atoms with Gasteiger partial charge in [0, 0.05) is 7.11 Å². The third-order valence-corrected chi connectivity index (χ3v) is 4.07. The molecule has 23 heavy (non-hydrogen) atoms. The zero-order valence-corrected chi connectivity index (χ0v) is 13.0. The summed E-state index contributed by atoms with van der Waals surface area (Å²) in [5.74, 6) is 1.81. The Morgan fingerprint density at radius 1 is 1.35 bits per heavy atom. The molecule has 1 fully saturated rings. The van der Waals surface area contributed by atoms with Crippen LogP contribution in [0.15, 0.2) is 30.3 Å². The van der Waals surface area contributed by atoms with Gasteiger partial charge in [0.15, 0.2) is 11.6 Å². The Kier molecular flexibility index (Phi) is 4.57. The van der Waals surface area contributed by atoms with Gasteiger partial charge in [-0.3, -0.25) is 9.89 Å². The molecule has 0 saturated heterocycles. The number of amides is 1. The highest BCUT2D eigenvalue weighted by molar-refractivity contribution is 5.86. The molecule has 2 aromatic rings. The molecular weight excluding hydrogens is 296 g/mol. The Labute approximate surface area is 134 Å². The molecule has 122 valence electrons. The van der Waals surface area contributed by atoms with E-state index in [1.165, 1.54) is 0 Å². The molecule has 1 aliphatic rings. The lowest BCUT2D eigenvalue weighted by atomic mass is 9.79. The molecule has 3 rings (SSSR count). The third kappa shape index (κ3) is 3.50. The molecule has 1 aromatic carbocycles. The quantitative estimate of drug-likeness (QED) is 0.809. The average molecular weight is 316 g/mol. The van der Waals surface area contributed by atoms with Crippen LogP contribution in [-0.4, -0.2) is 33.8 Å². The standard InChI is InChI=1S/C16H20N4O3/c1-22-16(8-5-9-16)15(21)17-10-13-18-14(20-19-13)11-23-12-6-3-2-4-7-12/h2-4,6-7H,5,8-11H2,1H3,(H,17,21)(H,18,19,20). The normalized spacial score (nSPS) is 15.7. The van der Waals surface area contributed by atoms with Crippen LogP contribution in [0.1, 0.15) is 30.9 Å². The van der Waals surface area contributed by atoms with Crippen LogP contribution >= 0.6 is 0 Å². The summed E-state index contributed by atoms with van der Waals surface area (Å²) in [6.07, 6.45) is 2.54. The van der Waals surface area contributed by atoms with Crippen LogP contribution in [0.5, 0.6) is 5.75 Å². The first-order valence-corrected chi connectivity index (χ1v) is 7.63. The van der Waals surface area contributed by atoms with Crippen molar-refractivity contribution in [1.82, 2.24) is 20.5 Å². The van der Waals surface area contributed by atoms with E-state index in [1.807, 2.05) is 30.3 Å². The predicted octanol–water partition coefficient (Wildman–Crippen LogP) is 1.57. The van der Waals surface area contributed by atoms with E-state index in [-0.39, 0.29) is 12.5 Å². The van der Waals surface area contributed by atoms with E-state index >= 15 is 0 Å². The second kappa shape index (κ2) is 6.78. The number of methoxy groups -OCH3 is 1. The van der Waals surface area contributed by atoms with Crippen molar-refractivity contribution in [3.8, 4) is 5.75 Å². The lowest BCUT2D eigenvalue weighted by molar-refractivity contribution is -0.154. The molecule has 0 unspecified atom stereocenters. The summed E-state index contributed by atoms with van der Waals surface area (Å²) in [4.78, 5) is 16.4. The van der Waals surface area contributed by atoms with Crippen LogP contribution in [0.2, 0.25) is 0 Å². The van der Waals surface area contributed by atoms with Gasteiger partial charge in [-0.2, -0.15) is 5.10 Å². The molecule has 0 radical (unpaired) electrons. The fourth-order valence-electron chi connectivity index (χ4n) is 2.49. The van der Waals surface area contributed by atoms with Gasteiger partial charge in [0.2, 0.25) is 0 Å². The Balaban J connectivity index is 1.48. The summed E-state index contributed by atoms with van der Waals surface area (Å²) in [7, 11) is 1.57. The first kappa shape index (κ1) is 15.5. The van der Waals surface area contributed by atoms with Gasteiger partial charge in [0.1, 0.15) is 18.0 Å². The summed E-state index contributed by atoms with van der Waals surface area (Å²) in [5.41, 5.74) is -0.657. The summed E-state index contributed by atoms with van der Waals surface area (Å²) in [6, 6.07) is 9.49. The number of aromatic nitrogens is 3. The average Bonchev–Trinajstić information content (AvgIpc) is 2.99. The fraction of sp³-hybridized carbons (Fsp3) is 0.438. The van der Waals surface area contributed by atoms with Crippen LogP contribution in [0.25, 0.3) is 0 Å². The van der Waals surface area contributed by atoms with Gasteiger partial charge in [-0.15, -0.1) is 0 Å². The van der Waals surface area contributed by atoms with Crippen LogP contribution in [0.4, 0.5) is 0 Å². The number of rotatable bonds is 7. The lowest BCUT2D eigenvalue weighted by Gasteiger charge is -2.38. The first-order chi connectivity index (χ1) is 11.2. The van der Waals surface area contributed by atoms with E-state index in [2.05, 4.69) is 20.5 Å². The number of para-hydroxylation sites is 1. The highest BCUT2D eigenvalue weighted by Gasteiger charge is 2.44. The fourth-order valence-corrected chi connectivity index (χ4v) is 2.49. The number of carbonyl (C=O) groups excluding carboxylic acids is 1. The molecule has 1 aliphatic carbocycles. The summed E-state index contributed by atoms with van der Waals surface area (Å²) in [6.45, 7) is 0.568. The molecule has 7 heteroatoms. The van der Waals surface area contributed by atoms with Crippen molar-refractivity contribution in [1.29, 1.82) is 0 Å². The molecule has 1 saturated carbocycles. The maximum absolute atomic E-state index is 12.1. The number of aromatic amines is 1. The Hall–Kier alpha value is -2.41. The van der Waals surface area contributed by atoms with Crippen LogP contribution in [-0.2, 0) is 22.7 Å². The van der Waals surface area contributed by atoms with E-state index in [4.69, 9.17) is 9.47 Å². The minimum atomic E-state index is -0.657. The summed E-state index contributed by atoms with van der Waals surface area (Å²) >= 11 is 0. The minimum Gasteiger partial charge on any atom is -0.486 e. The SMILES string of the molecule is COC1(C(=O)NCc2n[nH]c(COc3ccccc3)n2)CCC1. The number of benzene rings is 1. The van der Waals surface area contributed by atoms with Crippen LogP contribution in [0.3, 0.4) is 0 Å². The largest absolute Gasteiger partial charge is 0.486 e. The highest BCUT2D eigenvalue weighted by Crippen LogP contribution is 2.35. The maximum atomic E-state index is 12.1. The van der Waals surface area contributed by atoms with Crippen molar-refractivity contribution in [3.05, 3.63) is 42.0 Å². The van der Waals surface area contributed by atoms with Crippen LogP contribution in [0, 0.1) is 0 Å².